The molecule has 2 unspecified atom stereocenters. The van der Waals surface area contributed by atoms with Crippen molar-refractivity contribution >= 4 is 16.7 Å². The average molecular weight is 234 g/mol. The fraction of sp³-hybridized carbons (Fsp3) is 0.900. The summed E-state index contributed by atoms with van der Waals surface area (Å²) in [5, 5.41) is 3.13. The van der Waals surface area contributed by atoms with E-state index in [0.29, 0.717) is 12.3 Å². The lowest BCUT2D eigenvalue weighted by Crippen LogP contribution is -2.39. The molecule has 0 aromatic rings. The molecule has 90 valence electrons. The number of carbonyl (C=O) groups is 1. The van der Waals surface area contributed by atoms with Gasteiger partial charge < -0.3 is 10.2 Å². The van der Waals surface area contributed by atoms with E-state index in [1.165, 1.54) is 0 Å². The molecule has 5 heteroatoms. The second kappa shape index (κ2) is 7.82. The molecule has 0 rings (SSSR count). The Morgan fingerprint density at radius 2 is 2.13 bits per heavy atom. The third-order valence-corrected chi connectivity index (χ3v) is 3.15. The predicted octanol–water partition coefficient (Wildman–Crippen LogP) is 0.211. The molecule has 1 N–H and O–H groups in total. The molecular weight excluding hydrogens is 212 g/mol. The van der Waals surface area contributed by atoms with Gasteiger partial charge in [-0.15, -0.1) is 0 Å². The van der Waals surface area contributed by atoms with Gasteiger partial charge in [-0.05, 0) is 20.3 Å². The number of amides is 1. The lowest BCUT2D eigenvalue weighted by Gasteiger charge is -2.17. The van der Waals surface area contributed by atoms with Gasteiger partial charge in [-0.2, -0.15) is 0 Å². The Balaban J connectivity index is 3.66. The summed E-state index contributed by atoms with van der Waals surface area (Å²) in [6.45, 7) is 5.05. The first kappa shape index (κ1) is 14.6. The van der Waals surface area contributed by atoms with Gasteiger partial charge in [-0.1, -0.05) is 0 Å². The van der Waals surface area contributed by atoms with Crippen LogP contribution >= 0.6 is 0 Å². The van der Waals surface area contributed by atoms with Crippen LogP contribution in [0.3, 0.4) is 0 Å². The van der Waals surface area contributed by atoms with Crippen molar-refractivity contribution in [1.29, 1.82) is 0 Å². The fourth-order valence-corrected chi connectivity index (χ4v) is 1.70. The number of nitrogens with one attached hydrogen (secondary N) is 1. The zero-order chi connectivity index (χ0) is 11.8. The molecule has 0 saturated carbocycles. The van der Waals surface area contributed by atoms with Gasteiger partial charge in [0.15, 0.2) is 0 Å². The molecule has 0 spiro atoms. The van der Waals surface area contributed by atoms with Crippen LogP contribution < -0.4 is 5.32 Å². The molecule has 2 atom stereocenters. The van der Waals surface area contributed by atoms with E-state index in [0.717, 1.165) is 13.0 Å². The molecule has 15 heavy (non-hydrogen) atoms. The van der Waals surface area contributed by atoms with Crippen LogP contribution in [0, 0.1) is 0 Å². The zero-order valence-electron chi connectivity index (χ0n) is 10.1. The normalized spacial score (nSPS) is 14.7. The van der Waals surface area contributed by atoms with Gasteiger partial charge >= 0.3 is 0 Å². The van der Waals surface area contributed by atoms with E-state index < -0.39 is 10.8 Å². The van der Waals surface area contributed by atoms with E-state index in [2.05, 4.69) is 5.32 Å². The van der Waals surface area contributed by atoms with Crippen LogP contribution in [0.1, 0.15) is 20.3 Å². The van der Waals surface area contributed by atoms with Gasteiger partial charge in [0.1, 0.15) is 0 Å². The van der Waals surface area contributed by atoms with Crippen LogP contribution in [-0.4, -0.2) is 53.2 Å². The monoisotopic (exact) mass is 234 g/mol. The van der Waals surface area contributed by atoms with Gasteiger partial charge in [0.25, 0.3) is 0 Å². The summed E-state index contributed by atoms with van der Waals surface area (Å²) in [5.74, 6) is 0.786. The summed E-state index contributed by atoms with van der Waals surface area (Å²) in [6.07, 6.45) is 2.54. The molecule has 0 aromatic carbocycles. The molecule has 0 aliphatic rings. The van der Waals surface area contributed by atoms with Crippen molar-refractivity contribution in [2.45, 2.75) is 26.3 Å². The van der Waals surface area contributed by atoms with Crippen molar-refractivity contribution in [3.63, 3.8) is 0 Å². The summed E-state index contributed by atoms with van der Waals surface area (Å²) < 4.78 is 10.8. The average Bonchev–Trinajstić information content (AvgIpc) is 2.21. The number of hydrogen-bond donors (Lipinski definition) is 1. The lowest BCUT2D eigenvalue weighted by atomic mass is 10.2. The molecular formula is C10H22N2O2S. The third kappa shape index (κ3) is 7.50. The van der Waals surface area contributed by atoms with Crippen LogP contribution in [0.15, 0.2) is 0 Å². The van der Waals surface area contributed by atoms with E-state index in [1.54, 1.807) is 18.2 Å². The van der Waals surface area contributed by atoms with Crippen LogP contribution in [0.25, 0.3) is 0 Å². The maximum atomic E-state index is 11.4. The van der Waals surface area contributed by atoms with Crippen LogP contribution in [0.4, 0.5) is 0 Å². The van der Waals surface area contributed by atoms with E-state index in [1.807, 2.05) is 13.8 Å². The molecule has 0 radical (unpaired) electrons. The molecule has 0 saturated heterocycles. The molecule has 0 fully saturated rings. The first-order chi connectivity index (χ1) is 6.97. The first-order valence-corrected chi connectivity index (χ1v) is 6.97. The number of rotatable bonds is 7. The Hall–Kier alpha value is -0.420. The smallest absolute Gasteiger partial charge is 0.236 e. The Labute approximate surface area is 94.9 Å². The highest BCUT2D eigenvalue weighted by Gasteiger charge is 2.08. The highest BCUT2D eigenvalue weighted by Crippen LogP contribution is 1.92. The second-order valence-corrected chi connectivity index (χ2v) is 5.31. The zero-order valence-corrected chi connectivity index (χ0v) is 10.9. The minimum absolute atomic E-state index is 0.0990. The number of likely N-dealkylation sites (N-methyl/N-ethyl adjacent to an activating group) is 1. The highest BCUT2D eigenvalue weighted by molar-refractivity contribution is 7.84. The summed E-state index contributed by atoms with van der Waals surface area (Å²) in [4.78, 5) is 13.1. The van der Waals surface area contributed by atoms with Crippen LogP contribution in [0.5, 0.6) is 0 Å². The lowest BCUT2D eigenvalue weighted by molar-refractivity contribution is -0.128. The van der Waals surface area contributed by atoms with Gasteiger partial charge in [0, 0.05) is 42.4 Å². The Morgan fingerprint density at radius 1 is 1.53 bits per heavy atom. The Kier molecular flexibility index (Phi) is 7.60. The fourth-order valence-electron chi connectivity index (χ4n) is 1.02. The second-order valence-electron chi connectivity index (χ2n) is 3.76. The van der Waals surface area contributed by atoms with Crippen molar-refractivity contribution in [1.82, 2.24) is 10.2 Å². The Morgan fingerprint density at radius 3 is 2.60 bits per heavy atom. The minimum Gasteiger partial charge on any atom is -0.345 e. The van der Waals surface area contributed by atoms with Gasteiger partial charge in [0.2, 0.25) is 5.91 Å². The minimum atomic E-state index is -0.746. The maximum absolute atomic E-state index is 11.4. The summed E-state index contributed by atoms with van der Waals surface area (Å²) in [6, 6.07) is 0.239. The number of carbonyl (C=O) groups excluding carboxylic acids is 1. The van der Waals surface area contributed by atoms with Crippen molar-refractivity contribution in [3.05, 3.63) is 0 Å². The van der Waals surface area contributed by atoms with E-state index in [4.69, 9.17) is 0 Å². The van der Waals surface area contributed by atoms with Gasteiger partial charge in [-0.3, -0.25) is 9.00 Å². The maximum Gasteiger partial charge on any atom is 0.236 e. The van der Waals surface area contributed by atoms with Crippen molar-refractivity contribution in [2.24, 2.45) is 0 Å². The van der Waals surface area contributed by atoms with E-state index >= 15 is 0 Å². The molecule has 0 bridgehead atoms. The summed E-state index contributed by atoms with van der Waals surface area (Å²) in [7, 11) is 1.04. The molecule has 0 aliphatic carbocycles. The first-order valence-electron chi connectivity index (χ1n) is 5.24. The summed E-state index contributed by atoms with van der Waals surface area (Å²) >= 11 is 0. The predicted molar refractivity (Wildman–Crippen MR) is 64.3 cm³/mol. The molecule has 0 aromatic heterocycles. The van der Waals surface area contributed by atoms with Crippen molar-refractivity contribution in [3.8, 4) is 0 Å². The van der Waals surface area contributed by atoms with Crippen LogP contribution in [0.2, 0.25) is 0 Å². The molecule has 0 heterocycles. The van der Waals surface area contributed by atoms with E-state index in [-0.39, 0.29) is 11.9 Å². The Bertz CT molecular complexity index is 221. The standard InChI is InChI=1S/C10H22N2O2S/c1-5-12(3)10(13)8-11-9(2)6-7-15(4)14/h9,11H,5-8H2,1-4H3. The highest BCUT2D eigenvalue weighted by atomic mass is 32.2. The van der Waals surface area contributed by atoms with E-state index in [9.17, 15) is 9.00 Å². The molecule has 0 aliphatic heterocycles. The SMILES string of the molecule is CCN(C)C(=O)CNC(C)CCS(C)=O. The number of nitrogens with zero attached hydrogens (tertiary/aromatic N) is 1. The topological polar surface area (TPSA) is 49.4 Å². The van der Waals surface area contributed by atoms with Gasteiger partial charge in [-0.25, -0.2) is 0 Å². The largest absolute Gasteiger partial charge is 0.345 e. The quantitative estimate of drug-likeness (QED) is 0.685. The molecule has 1 amide bonds. The van der Waals surface area contributed by atoms with Crippen molar-refractivity contribution < 1.29 is 9.00 Å². The van der Waals surface area contributed by atoms with Crippen molar-refractivity contribution in [2.75, 3.05) is 32.1 Å². The van der Waals surface area contributed by atoms with Crippen LogP contribution in [-0.2, 0) is 15.6 Å². The molecule has 4 nitrogen and oxygen atoms in total. The number of hydrogen-bond acceptors (Lipinski definition) is 3. The third-order valence-electron chi connectivity index (χ3n) is 2.34. The summed E-state index contributed by atoms with van der Waals surface area (Å²) in [5.41, 5.74) is 0. The van der Waals surface area contributed by atoms with Gasteiger partial charge in [0.05, 0.1) is 6.54 Å².